The molecule has 0 amide bonds. The highest BCUT2D eigenvalue weighted by Gasteiger charge is 2.20. The highest BCUT2D eigenvalue weighted by Crippen LogP contribution is 2.37. The molecule has 2 saturated carbocycles. The van der Waals surface area contributed by atoms with Crippen LogP contribution in [-0.4, -0.2) is 0 Å². The van der Waals surface area contributed by atoms with Gasteiger partial charge in [-0.05, 0) is 60.3 Å². The largest absolute Gasteiger partial charge is 0.326 e. The van der Waals surface area contributed by atoms with Gasteiger partial charge in [-0.2, -0.15) is 0 Å². The monoisotopic (exact) mass is 270 g/mol. The van der Waals surface area contributed by atoms with E-state index in [0.717, 1.165) is 11.8 Å². The van der Waals surface area contributed by atoms with Crippen molar-refractivity contribution in [1.82, 2.24) is 0 Å². The van der Waals surface area contributed by atoms with Crippen LogP contribution in [0.25, 0.3) is 0 Å². The Bertz CT molecular complexity index is 389. The lowest BCUT2D eigenvalue weighted by Gasteiger charge is -2.26. The van der Waals surface area contributed by atoms with Crippen molar-refractivity contribution >= 4 is 0 Å². The van der Waals surface area contributed by atoms with E-state index in [9.17, 15) is 0 Å². The summed E-state index contributed by atoms with van der Waals surface area (Å²) < 4.78 is 0. The molecule has 0 atom stereocenters. The van der Waals surface area contributed by atoms with E-state index in [4.69, 9.17) is 5.73 Å². The van der Waals surface area contributed by atoms with Crippen LogP contribution >= 0.6 is 0 Å². The lowest BCUT2D eigenvalue weighted by atomic mass is 9.79. The second-order valence-electron chi connectivity index (χ2n) is 6.77. The van der Waals surface area contributed by atoms with Crippen molar-refractivity contribution in [1.29, 1.82) is 0 Å². The molecule has 0 aliphatic heterocycles. The first-order valence-electron chi connectivity index (χ1n) is 8.63. The Morgan fingerprint density at radius 2 is 1.25 bits per heavy atom. The highest BCUT2D eigenvalue weighted by molar-refractivity contribution is 5.33. The van der Waals surface area contributed by atoms with E-state index in [2.05, 4.69) is 18.2 Å². The molecule has 20 heavy (non-hydrogen) atoms. The second-order valence-corrected chi connectivity index (χ2v) is 6.77. The van der Waals surface area contributed by atoms with Crippen LogP contribution in [0.1, 0.15) is 92.7 Å². The van der Waals surface area contributed by atoms with E-state index in [1.165, 1.54) is 80.9 Å². The molecule has 1 heteroatoms. The molecule has 0 bridgehead atoms. The summed E-state index contributed by atoms with van der Waals surface area (Å²) >= 11 is 0. The third-order valence-electron chi connectivity index (χ3n) is 5.30. The van der Waals surface area contributed by atoms with Crippen molar-refractivity contribution in [2.75, 3.05) is 0 Å². The summed E-state index contributed by atoms with van der Waals surface area (Å²) in [6, 6.07) is 8.47. The minimum Gasteiger partial charge on any atom is -0.326 e. The Hall–Kier alpha value is -0.820. The smallest absolute Gasteiger partial charge is 0.0178 e. The van der Waals surface area contributed by atoms with Crippen molar-refractivity contribution in [3.05, 3.63) is 34.9 Å². The van der Waals surface area contributed by atoms with Gasteiger partial charge in [0.2, 0.25) is 0 Å². The Morgan fingerprint density at radius 1 is 0.800 bits per heavy atom. The van der Waals surface area contributed by atoms with Gasteiger partial charge in [-0.25, -0.2) is 0 Å². The van der Waals surface area contributed by atoms with Gasteiger partial charge >= 0.3 is 0 Å². The zero-order chi connectivity index (χ0) is 13.8. The molecule has 0 saturated heterocycles. The maximum atomic E-state index is 5.93. The van der Waals surface area contributed by atoms with E-state index in [-0.39, 0.29) is 0 Å². The fraction of sp³-hybridized carbons (Fsp3) is 0.684. The van der Waals surface area contributed by atoms with Crippen LogP contribution in [0.15, 0.2) is 12.1 Å². The maximum Gasteiger partial charge on any atom is 0.0178 e. The molecule has 2 aliphatic rings. The van der Waals surface area contributed by atoms with Crippen LogP contribution in [0.4, 0.5) is 0 Å². The van der Waals surface area contributed by atoms with E-state index in [1.54, 1.807) is 0 Å². The Balaban J connectivity index is 1.85. The number of hydrogen-bond acceptors (Lipinski definition) is 1. The molecule has 0 spiro atoms. The zero-order valence-electron chi connectivity index (χ0n) is 12.7. The summed E-state index contributed by atoms with van der Waals surface area (Å²) in [6.45, 7) is 0.675. The summed E-state index contributed by atoms with van der Waals surface area (Å²) in [6.07, 6.45) is 13.8. The average molecular weight is 270 g/mol. The average Bonchev–Trinajstić information content (AvgIpc) is 2.56. The fourth-order valence-electron chi connectivity index (χ4n) is 4.06. The Morgan fingerprint density at radius 3 is 1.65 bits per heavy atom. The zero-order valence-corrected chi connectivity index (χ0v) is 12.7. The van der Waals surface area contributed by atoms with Gasteiger partial charge in [0.05, 0.1) is 0 Å². The van der Waals surface area contributed by atoms with Crippen LogP contribution in [0.5, 0.6) is 0 Å². The number of hydrogen-bond donors (Lipinski definition) is 1. The van der Waals surface area contributed by atoms with Crippen molar-refractivity contribution < 1.29 is 0 Å². The third-order valence-corrected chi connectivity index (χ3v) is 5.30. The van der Waals surface area contributed by atoms with Crippen molar-refractivity contribution in [2.24, 2.45) is 5.73 Å². The summed E-state index contributed by atoms with van der Waals surface area (Å²) in [5, 5.41) is 0. The number of benzene rings is 1. The molecule has 109 valence electrons. The molecule has 1 aromatic rings. The predicted molar refractivity (Wildman–Crippen MR) is 84.8 cm³/mol. The molecule has 0 aromatic heterocycles. The lowest BCUT2D eigenvalue weighted by molar-refractivity contribution is 0.434. The molecule has 0 heterocycles. The molecular formula is C19H28N. The van der Waals surface area contributed by atoms with Gasteiger partial charge in [0, 0.05) is 6.54 Å². The van der Waals surface area contributed by atoms with Gasteiger partial charge in [-0.15, -0.1) is 0 Å². The quantitative estimate of drug-likeness (QED) is 0.818. The molecular weight excluding hydrogens is 242 g/mol. The maximum absolute atomic E-state index is 5.93. The van der Waals surface area contributed by atoms with Crippen LogP contribution in [0, 0.1) is 6.07 Å². The predicted octanol–water partition coefficient (Wildman–Crippen LogP) is 5.04. The van der Waals surface area contributed by atoms with Crippen LogP contribution in [0.3, 0.4) is 0 Å². The standard InChI is InChI=1S/C19H28N/c20-14-15-11-18(16-7-3-1-4-8-16)13-19(12-15)17-9-5-2-6-10-17/h11-12,16-17H,1-10,14,20H2. The summed E-state index contributed by atoms with van der Waals surface area (Å²) in [5.74, 6) is 1.50. The van der Waals surface area contributed by atoms with E-state index in [0.29, 0.717) is 6.54 Å². The summed E-state index contributed by atoms with van der Waals surface area (Å²) in [7, 11) is 0. The Labute approximate surface area is 124 Å². The molecule has 1 aromatic carbocycles. The van der Waals surface area contributed by atoms with E-state index >= 15 is 0 Å². The molecule has 2 aliphatic carbocycles. The minimum atomic E-state index is 0.675. The summed E-state index contributed by atoms with van der Waals surface area (Å²) in [5.41, 5.74) is 10.2. The topological polar surface area (TPSA) is 26.0 Å². The second kappa shape index (κ2) is 6.76. The van der Waals surface area contributed by atoms with Gasteiger partial charge in [0.1, 0.15) is 0 Å². The molecule has 0 unspecified atom stereocenters. The number of rotatable bonds is 3. The van der Waals surface area contributed by atoms with Crippen LogP contribution in [-0.2, 0) is 6.54 Å². The van der Waals surface area contributed by atoms with Gasteiger partial charge < -0.3 is 5.73 Å². The van der Waals surface area contributed by atoms with Crippen LogP contribution in [0.2, 0.25) is 0 Å². The first kappa shape index (κ1) is 14.1. The van der Waals surface area contributed by atoms with Crippen LogP contribution < -0.4 is 5.73 Å². The lowest BCUT2D eigenvalue weighted by Crippen LogP contribution is -2.10. The van der Waals surface area contributed by atoms with E-state index < -0.39 is 0 Å². The molecule has 2 N–H and O–H groups in total. The molecule has 2 fully saturated rings. The Kier molecular flexibility index (Phi) is 4.77. The van der Waals surface area contributed by atoms with Crippen molar-refractivity contribution in [2.45, 2.75) is 82.6 Å². The van der Waals surface area contributed by atoms with Gasteiger partial charge in [0.25, 0.3) is 0 Å². The molecule has 1 radical (unpaired) electrons. The van der Waals surface area contributed by atoms with Crippen molar-refractivity contribution in [3.8, 4) is 0 Å². The van der Waals surface area contributed by atoms with Crippen molar-refractivity contribution in [3.63, 3.8) is 0 Å². The first-order chi connectivity index (χ1) is 9.86. The summed E-state index contributed by atoms with van der Waals surface area (Å²) in [4.78, 5) is 0. The molecule has 3 rings (SSSR count). The van der Waals surface area contributed by atoms with Gasteiger partial charge in [0.15, 0.2) is 0 Å². The van der Waals surface area contributed by atoms with Gasteiger partial charge in [-0.1, -0.05) is 50.7 Å². The van der Waals surface area contributed by atoms with E-state index in [1.807, 2.05) is 0 Å². The van der Waals surface area contributed by atoms with Gasteiger partial charge in [-0.3, -0.25) is 0 Å². The molecule has 1 nitrogen and oxygen atoms in total. The fourth-order valence-corrected chi connectivity index (χ4v) is 4.06. The SMILES string of the molecule is NCc1cc(C2CCCCC2)[c]c(C2CCCCC2)c1. The highest BCUT2D eigenvalue weighted by atomic mass is 14.5. The minimum absolute atomic E-state index is 0.675. The normalized spacial score (nSPS) is 22.1. The number of nitrogens with two attached hydrogens (primary N) is 1. The first-order valence-corrected chi connectivity index (χ1v) is 8.63. The third kappa shape index (κ3) is 3.25.